The molecule has 9 atom stereocenters. The summed E-state index contributed by atoms with van der Waals surface area (Å²) in [4.78, 5) is 110. The topological polar surface area (TPSA) is 643 Å². The van der Waals surface area contributed by atoms with Crippen LogP contribution in [-0.2, 0) is 71.9 Å². The molecule has 0 radical (unpaired) electrons. The normalized spacial score (nSPS) is 14.6. The van der Waals surface area contributed by atoms with Crippen LogP contribution in [0.1, 0.15) is 89.5 Å². The summed E-state index contributed by atoms with van der Waals surface area (Å²) in [6.45, 7) is 8.32. The van der Waals surface area contributed by atoms with Crippen molar-refractivity contribution in [2.45, 2.75) is 146 Å². The van der Waals surface area contributed by atoms with Crippen molar-refractivity contribution < 1.29 is 93.5 Å². The SMILES string of the molecule is CC(C)C[C@H](N)C(=O)O.CC(C)[C@H](N)C(=O)O.NC(=O)C[C@H](N)C(=O)O.NCCCC[C@H](N)C(=O)O.N[C@@H](CO)C(=O)O.N[C@@H](Cc1c[nH]cn1)C(=O)OC(=O)[C@@H]1CCCN1.N[C@@H](Cc1ccccc1)C(=O)O.N[C@@H](Cc1ccccc1)C(=O)O. The quantitative estimate of drug-likeness (QED) is 0.0229. The number of nitrogens with one attached hydrogen (secondary N) is 2. The monoisotopic (exact) mass is 1210 g/mol. The highest BCUT2D eigenvalue weighted by Crippen LogP contribution is 2.08. The highest BCUT2D eigenvalue weighted by Gasteiger charge is 2.28. The van der Waals surface area contributed by atoms with Gasteiger partial charge in [-0.1, -0.05) is 94.8 Å². The van der Waals surface area contributed by atoms with Crippen LogP contribution in [-0.4, -0.2) is 185 Å². The van der Waals surface area contributed by atoms with Crippen molar-refractivity contribution in [2.24, 2.45) is 69.2 Å². The number of nitrogens with zero attached hydrogens (tertiary/aromatic N) is 1. The number of aromatic nitrogens is 2. The van der Waals surface area contributed by atoms with Crippen molar-refractivity contribution in [3.05, 3.63) is 90.0 Å². The van der Waals surface area contributed by atoms with E-state index in [4.69, 9.17) is 97.2 Å². The van der Waals surface area contributed by atoms with Gasteiger partial charge in [0.15, 0.2) is 0 Å². The fourth-order valence-corrected chi connectivity index (χ4v) is 5.66. The van der Waals surface area contributed by atoms with E-state index in [0.717, 1.165) is 36.9 Å². The number of aliphatic hydroxyl groups excluding tert-OH is 1. The van der Waals surface area contributed by atoms with Gasteiger partial charge in [-0.05, 0) is 81.0 Å². The van der Waals surface area contributed by atoms with Gasteiger partial charge in [-0.25, -0.2) is 14.6 Å². The third-order valence-electron chi connectivity index (χ3n) is 10.6. The number of aliphatic carboxylic acids is 7. The number of carboxylic acid groups (broad SMARTS) is 7. The Labute approximate surface area is 492 Å². The lowest BCUT2D eigenvalue weighted by molar-refractivity contribution is -0.162. The Hall–Kier alpha value is -7.89. The van der Waals surface area contributed by atoms with Crippen LogP contribution in [0.15, 0.2) is 73.2 Å². The number of aliphatic hydroxyl groups is 1. The van der Waals surface area contributed by atoms with Gasteiger partial charge in [0.25, 0.3) is 0 Å². The number of carbonyl (C=O) groups is 10. The number of primary amides is 1. The number of amides is 1. The molecule has 0 aliphatic carbocycles. The minimum atomic E-state index is -1.21. The van der Waals surface area contributed by atoms with Crippen LogP contribution in [0.5, 0.6) is 0 Å². The van der Waals surface area contributed by atoms with Gasteiger partial charge in [-0.15, -0.1) is 0 Å². The molecule has 85 heavy (non-hydrogen) atoms. The molecule has 1 aliphatic rings. The Kier molecular flexibility index (Phi) is 48.7. The zero-order valence-corrected chi connectivity index (χ0v) is 48.3. The summed E-state index contributed by atoms with van der Waals surface area (Å²) in [5.41, 5.74) is 54.0. The average Bonchev–Trinajstić information content (AvgIpc) is 4.32. The Morgan fingerprint density at radius 1 is 0.588 bits per heavy atom. The van der Waals surface area contributed by atoms with E-state index in [0.29, 0.717) is 50.3 Å². The van der Waals surface area contributed by atoms with Crippen LogP contribution in [0.4, 0.5) is 0 Å². The molecule has 482 valence electrons. The number of ether oxygens (including phenoxy) is 1. The first kappa shape index (κ1) is 83.6. The lowest BCUT2D eigenvalue weighted by Gasteiger charge is -2.12. The molecule has 0 saturated carbocycles. The molecule has 32 nitrogen and oxygen atoms in total. The lowest BCUT2D eigenvalue weighted by atomic mass is 10.1. The molecule has 30 N–H and O–H groups in total. The number of hydrogen-bond donors (Lipinski definition) is 20. The van der Waals surface area contributed by atoms with Crippen LogP contribution in [0.2, 0.25) is 0 Å². The predicted octanol–water partition coefficient (Wildman–Crippen LogP) is -2.93. The van der Waals surface area contributed by atoms with Gasteiger partial charge in [0.05, 0.1) is 25.0 Å². The average molecular weight is 1210 g/mol. The Morgan fingerprint density at radius 2 is 1.04 bits per heavy atom. The summed E-state index contributed by atoms with van der Waals surface area (Å²) in [6.07, 6.45) is 8.17. The Morgan fingerprint density at radius 3 is 1.31 bits per heavy atom. The second-order valence-corrected chi connectivity index (χ2v) is 19.2. The fraction of sp³-hybridized carbons (Fsp3) is 0.528. The maximum absolute atomic E-state index is 11.6. The Balaban J connectivity index is -0.000000450. The van der Waals surface area contributed by atoms with Gasteiger partial charge in [-0.2, -0.15) is 0 Å². The third kappa shape index (κ3) is 48.2. The van der Waals surface area contributed by atoms with Gasteiger partial charge in [0.2, 0.25) is 5.91 Å². The van der Waals surface area contributed by atoms with E-state index in [1.165, 1.54) is 6.33 Å². The number of imidazole rings is 1. The highest BCUT2D eigenvalue weighted by molar-refractivity contribution is 5.91. The van der Waals surface area contributed by atoms with Crippen molar-refractivity contribution in [2.75, 3.05) is 19.7 Å². The third-order valence-corrected chi connectivity index (χ3v) is 10.6. The second kappa shape index (κ2) is 49.5. The standard InChI is InChI=1S/C11H16N4O3.2C9H11NO2.C6H14N2O2.C6H13NO2.C5H11NO2.C4H8N2O3.C3H7NO3/c12-8(4-7-5-13-6-15-7)10(16)18-11(17)9-2-1-3-14-9;2*10-8(9(11)12)6-7-4-2-1-3-5-7;7-4-2-1-3-5(8)6(9)10;1-4(2)3-5(7)6(8)9;1-3(2)4(6)5(7)8;5-2(4(8)9)1-3(6)7;4-2(1-5)3(6)7/h5-6,8-9,14H,1-4,12H2,(H,13,15);2*1-5,8H,6,10H2,(H,11,12);5H,1-4,7-8H2,(H,9,10);4-5H,3,7H2,1-2H3,(H,8,9);3-4H,6H2,1-2H3,(H,7,8);2H,1,5H2,(H2,6,7)(H,8,9);2,5H,1,4H2,(H,6,7)/t8-,9-;2*8-;2*5-;4-;2*2-/m00000000/s1. The van der Waals surface area contributed by atoms with Crippen LogP contribution < -0.4 is 62.7 Å². The van der Waals surface area contributed by atoms with E-state index in [2.05, 4.69) is 21.0 Å². The number of carbonyl (C=O) groups excluding carboxylic acids is 3. The summed E-state index contributed by atoms with van der Waals surface area (Å²) < 4.78 is 4.74. The molecule has 1 amide bonds. The zero-order chi connectivity index (χ0) is 66.4. The molecule has 0 spiro atoms. The van der Waals surface area contributed by atoms with Gasteiger partial charge in [0, 0.05) is 12.6 Å². The van der Waals surface area contributed by atoms with Gasteiger partial charge < -0.3 is 113 Å². The minimum absolute atomic E-state index is 0.0208. The molecular formula is C53H91N13O19. The van der Waals surface area contributed by atoms with Gasteiger partial charge >= 0.3 is 53.7 Å². The largest absolute Gasteiger partial charge is 0.480 e. The van der Waals surface area contributed by atoms with Crippen LogP contribution in [0, 0.1) is 11.8 Å². The first-order valence-electron chi connectivity index (χ1n) is 26.3. The maximum Gasteiger partial charge on any atom is 0.330 e. The smallest absolute Gasteiger partial charge is 0.330 e. The summed E-state index contributed by atoms with van der Waals surface area (Å²) in [5.74, 6) is -8.67. The molecule has 2 heterocycles. The van der Waals surface area contributed by atoms with Gasteiger partial charge in [0.1, 0.15) is 54.4 Å². The van der Waals surface area contributed by atoms with E-state index in [1.54, 1.807) is 20.0 Å². The summed E-state index contributed by atoms with van der Waals surface area (Å²) in [5, 5.41) is 68.9. The molecule has 1 aliphatic heterocycles. The number of rotatable bonds is 25. The predicted molar refractivity (Wildman–Crippen MR) is 310 cm³/mol. The number of H-pyrrole nitrogens is 1. The van der Waals surface area contributed by atoms with E-state index in [1.807, 2.05) is 74.5 Å². The number of carboxylic acids is 7. The molecular weight excluding hydrogens is 1120 g/mol. The van der Waals surface area contributed by atoms with Crippen molar-refractivity contribution in [3.8, 4) is 0 Å². The maximum atomic E-state index is 11.6. The summed E-state index contributed by atoms with van der Waals surface area (Å²) in [7, 11) is 0. The molecule has 1 aromatic heterocycles. The zero-order valence-electron chi connectivity index (χ0n) is 48.3. The summed E-state index contributed by atoms with van der Waals surface area (Å²) >= 11 is 0. The van der Waals surface area contributed by atoms with Crippen LogP contribution >= 0.6 is 0 Å². The second-order valence-electron chi connectivity index (χ2n) is 19.2. The van der Waals surface area contributed by atoms with Crippen LogP contribution in [0.25, 0.3) is 0 Å². The number of nitrogens with two attached hydrogens (primary N) is 10. The van der Waals surface area contributed by atoms with E-state index < -0.39 is 115 Å². The van der Waals surface area contributed by atoms with Crippen molar-refractivity contribution in [3.63, 3.8) is 0 Å². The molecule has 0 bridgehead atoms. The highest BCUT2D eigenvalue weighted by atomic mass is 16.6. The first-order chi connectivity index (χ1) is 39.5. The van der Waals surface area contributed by atoms with Gasteiger partial charge in [-0.3, -0.25) is 38.4 Å². The molecule has 32 heteroatoms. The first-order valence-corrected chi connectivity index (χ1v) is 26.3. The number of esters is 2. The molecule has 1 fully saturated rings. The fourth-order valence-electron chi connectivity index (χ4n) is 5.66. The van der Waals surface area contributed by atoms with E-state index >= 15 is 0 Å². The molecule has 4 rings (SSSR count). The molecule has 3 aromatic rings. The van der Waals surface area contributed by atoms with Crippen molar-refractivity contribution >= 4 is 59.6 Å². The number of unbranched alkanes of at least 4 members (excludes halogenated alkanes) is 1. The molecule has 2 aromatic carbocycles. The van der Waals surface area contributed by atoms with E-state index in [9.17, 15) is 47.9 Å². The van der Waals surface area contributed by atoms with Crippen molar-refractivity contribution in [1.29, 1.82) is 0 Å². The Bertz CT molecular complexity index is 2290. The van der Waals surface area contributed by atoms with Crippen molar-refractivity contribution in [1.82, 2.24) is 15.3 Å². The molecule has 1 saturated heterocycles. The van der Waals surface area contributed by atoms with Crippen LogP contribution in [0.3, 0.4) is 0 Å². The number of benzene rings is 2. The number of hydrogen-bond acceptors (Lipinski definition) is 23. The van der Waals surface area contributed by atoms with E-state index in [-0.39, 0.29) is 24.8 Å². The molecule has 0 unspecified atom stereocenters. The lowest BCUT2D eigenvalue weighted by Crippen LogP contribution is -2.40. The number of aromatic amines is 1. The summed E-state index contributed by atoms with van der Waals surface area (Å²) in [6, 6.07) is 11.4. The minimum Gasteiger partial charge on any atom is -0.480 e.